The quantitative estimate of drug-likeness (QED) is 0.423. The summed E-state index contributed by atoms with van der Waals surface area (Å²) in [5, 5.41) is 0. The molecule has 0 bridgehead atoms. The second-order valence-corrected chi connectivity index (χ2v) is 7.77. The van der Waals surface area contributed by atoms with Crippen LogP contribution in [-0.2, 0) is 29.5 Å². The number of aromatic nitrogens is 2. The molecule has 5 nitrogen and oxygen atoms in total. The van der Waals surface area contributed by atoms with Crippen molar-refractivity contribution < 1.29 is 27.9 Å². The summed E-state index contributed by atoms with van der Waals surface area (Å²) in [6.07, 6.45) is 1.07. The van der Waals surface area contributed by atoms with Crippen LogP contribution < -0.4 is 0 Å². The van der Waals surface area contributed by atoms with Crippen molar-refractivity contribution in [3.63, 3.8) is 0 Å². The molecule has 0 spiro atoms. The Bertz CT molecular complexity index is 1210. The van der Waals surface area contributed by atoms with Gasteiger partial charge in [0.2, 0.25) is 0 Å². The summed E-state index contributed by atoms with van der Waals surface area (Å²) in [6.45, 7) is 0. The molecule has 0 saturated carbocycles. The van der Waals surface area contributed by atoms with E-state index in [-0.39, 0.29) is 19.5 Å². The Morgan fingerprint density at radius 1 is 0.714 bits per heavy atom. The average Bonchev–Trinajstić information content (AvgIpc) is 2.67. The fraction of sp³-hybridized carbons (Fsp3) is 0.0476. The van der Waals surface area contributed by atoms with Gasteiger partial charge in [-0.05, 0) is 6.07 Å². The minimum absolute atomic E-state index is 0. The van der Waals surface area contributed by atoms with Crippen LogP contribution in [0.4, 0.5) is 5.69 Å². The molecule has 7 heteroatoms. The molecule has 0 saturated heterocycles. The van der Waals surface area contributed by atoms with Crippen LogP contribution in [0, 0.1) is 0 Å². The van der Waals surface area contributed by atoms with Crippen molar-refractivity contribution in [2.45, 2.75) is 0 Å². The van der Waals surface area contributed by atoms with Crippen molar-refractivity contribution in [1.82, 2.24) is 9.97 Å². The molecule has 0 fully saturated rings. The molecule has 0 atom stereocenters. The van der Waals surface area contributed by atoms with Crippen LogP contribution >= 0.6 is 0 Å². The first-order valence-corrected chi connectivity index (χ1v) is 10.2. The van der Waals surface area contributed by atoms with Gasteiger partial charge in [-0.3, -0.25) is 0 Å². The number of benzene rings is 3. The minimum atomic E-state index is -3.55. The monoisotopic (exact) mass is 438 g/mol. The van der Waals surface area contributed by atoms with Gasteiger partial charge in [-0.2, -0.15) is 0 Å². The third-order valence-electron chi connectivity index (χ3n) is 4.03. The van der Waals surface area contributed by atoms with Crippen LogP contribution in [0.2, 0.25) is 0 Å². The van der Waals surface area contributed by atoms with Gasteiger partial charge < -0.3 is 4.72 Å². The molecule has 0 aliphatic heterocycles. The smallest absolute Gasteiger partial charge is 0.0973 e. The SMILES string of the molecule is CS(=O)(=O)[N-]c1cccc2nc(-c3ccccc3)c(-c3ccccc3)nc12.[Zn]. The van der Waals surface area contributed by atoms with E-state index in [0.717, 1.165) is 23.1 Å². The molecule has 1 heterocycles. The van der Waals surface area contributed by atoms with Crippen LogP contribution in [0.1, 0.15) is 0 Å². The van der Waals surface area contributed by atoms with Crippen LogP contribution in [-0.4, -0.2) is 24.6 Å². The van der Waals surface area contributed by atoms with E-state index < -0.39 is 10.0 Å². The second kappa shape index (κ2) is 8.17. The van der Waals surface area contributed by atoms with Gasteiger partial charge in [-0.25, -0.2) is 18.4 Å². The third-order valence-corrected chi connectivity index (χ3v) is 4.56. The van der Waals surface area contributed by atoms with Crippen molar-refractivity contribution in [3.8, 4) is 22.5 Å². The van der Waals surface area contributed by atoms with Gasteiger partial charge in [0, 0.05) is 36.9 Å². The molecule has 4 aromatic rings. The summed E-state index contributed by atoms with van der Waals surface area (Å²) in [6, 6.07) is 24.7. The number of hydrogen-bond donors (Lipinski definition) is 0. The molecule has 0 radical (unpaired) electrons. The Kier molecular flexibility index (Phi) is 5.87. The van der Waals surface area contributed by atoms with Crippen molar-refractivity contribution in [2.24, 2.45) is 0 Å². The van der Waals surface area contributed by atoms with Crippen molar-refractivity contribution in [1.29, 1.82) is 0 Å². The molecule has 136 valence electrons. The third kappa shape index (κ3) is 4.27. The normalized spacial score (nSPS) is 11.0. The molecular formula is C21H16N3O2SZn-. The predicted octanol–water partition coefficient (Wildman–Crippen LogP) is 4.93. The Morgan fingerprint density at radius 3 is 1.79 bits per heavy atom. The first kappa shape index (κ1) is 20.1. The number of para-hydroxylation sites is 1. The van der Waals surface area contributed by atoms with Crippen molar-refractivity contribution in [2.75, 3.05) is 6.26 Å². The van der Waals surface area contributed by atoms with E-state index in [1.54, 1.807) is 12.1 Å². The number of fused-ring (bicyclic) bond motifs is 1. The molecule has 28 heavy (non-hydrogen) atoms. The van der Waals surface area contributed by atoms with E-state index in [2.05, 4.69) is 4.72 Å². The zero-order valence-corrected chi connectivity index (χ0v) is 19.1. The van der Waals surface area contributed by atoms with Crippen LogP contribution in [0.25, 0.3) is 38.3 Å². The van der Waals surface area contributed by atoms with Crippen LogP contribution in [0.3, 0.4) is 0 Å². The summed E-state index contributed by atoms with van der Waals surface area (Å²) in [4.78, 5) is 9.58. The standard InChI is InChI=1S/C21H16N3O2S.Zn/c1-27(25,26)24-18-14-8-13-17-21(18)23-20(16-11-6-3-7-12-16)19(22-17)15-9-4-2-5-10-15;/h2-14H,1H3;/q-1;. The molecule has 0 aliphatic carbocycles. The number of hydrogen-bond acceptors (Lipinski definition) is 4. The summed E-state index contributed by atoms with van der Waals surface area (Å²) < 4.78 is 27.2. The molecule has 4 rings (SSSR count). The van der Waals surface area contributed by atoms with Gasteiger partial charge in [-0.1, -0.05) is 78.5 Å². The first-order valence-electron chi connectivity index (χ1n) is 8.36. The molecule has 0 aliphatic rings. The maximum Gasteiger partial charge on any atom is 0.0973 e. The number of nitrogens with zero attached hydrogens (tertiary/aromatic N) is 3. The fourth-order valence-corrected chi connectivity index (χ4v) is 3.41. The van der Waals surface area contributed by atoms with Crippen molar-refractivity contribution >= 4 is 26.7 Å². The van der Waals surface area contributed by atoms with Gasteiger partial charge in [0.15, 0.2) is 0 Å². The largest absolute Gasteiger partial charge is 0.575 e. The minimum Gasteiger partial charge on any atom is -0.575 e. The molecule has 3 aromatic carbocycles. The molecule has 0 amide bonds. The van der Waals surface area contributed by atoms with Gasteiger partial charge in [0.25, 0.3) is 0 Å². The maximum atomic E-state index is 11.7. The Morgan fingerprint density at radius 2 is 1.25 bits per heavy atom. The molecule has 0 N–H and O–H groups in total. The van der Waals surface area contributed by atoms with Gasteiger partial charge in [-0.15, -0.1) is 0 Å². The Balaban J connectivity index is 0.00000225. The topological polar surface area (TPSA) is 74.0 Å². The summed E-state index contributed by atoms with van der Waals surface area (Å²) in [5.74, 6) is 0. The zero-order valence-electron chi connectivity index (χ0n) is 15.3. The number of rotatable bonds is 4. The Hall–Kier alpha value is -2.63. The maximum absolute atomic E-state index is 11.7. The van der Waals surface area contributed by atoms with E-state index in [1.165, 1.54) is 0 Å². The number of sulfonamides is 1. The van der Waals surface area contributed by atoms with E-state index in [0.29, 0.717) is 22.4 Å². The van der Waals surface area contributed by atoms with E-state index >= 15 is 0 Å². The average molecular weight is 440 g/mol. The van der Waals surface area contributed by atoms with Crippen molar-refractivity contribution in [3.05, 3.63) is 83.6 Å². The van der Waals surface area contributed by atoms with E-state index in [4.69, 9.17) is 9.97 Å². The van der Waals surface area contributed by atoms with Crippen LogP contribution in [0.15, 0.2) is 78.9 Å². The molecular weight excluding hydrogens is 424 g/mol. The predicted molar refractivity (Wildman–Crippen MR) is 108 cm³/mol. The van der Waals surface area contributed by atoms with Gasteiger partial charge >= 0.3 is 0 Å². The fourth-order valence-electron chi connectivity index (χ4n) is 2.91. The van der Waals surface area contributed by atoms with E-state index in [9.17, 15) is 8.42 Å². The Labute approximate surface area is 176 Å². The van der Waals surface area contributed by atoms with Gasteiger partial charge in [0.05, 0.1) is 32.4 Å². The summed E-state index contributed by atoms with van der Waals surface area (Å²) >= 11 is 0. The second-order valence-electron chi connectivity index (χ2n) is 6.12. The first-order chi connectivity index (χ1) is 13.0. The molecule has 1 aromatic heterocycles. The van der Waals surface area contributed by atoms with E-state index in [1.807, 2.05) is 66.7 Å². The van der Waals surface area contributed by atoms with Crippen LogP contribution in [0.5, 0.6) is 0 Å². The van der Waals surface area contributed by atoms with Gasteiger partial charge in [0.1, 0.15) is 0 Å². The zero-order chi connectivity index (χ0) is 18.9. The molecule has 0 unspecified atom stereocenters. The summed E-state index contributed by atoms with van der Waals surface area (Å²) in [7, 11) is -3.55. The summed E-state index contributed by atoms with van der Waals surface area (Å²) in [5.41, 5.74) is 4.62.